The third-order valence-electron chi connectivity index (χ3n) is 13.5. The van der Waals surface area contributed by atoms with E-state index in [4.69, 9.17) is 9.47 Å². The summed E-state index contributed by atoms with van der Waals surface area (Å²) in [6.45, 7) is 3.79. The number of unbranched alkanes of at least 4 members (excludes halogenated alkanes) is 36. The number of hydrogen-bond acceptors (Lipinski definition) is 8. The molecule has 9 heteroatoms. The van der Waals surface area contributed by atoms with Gasteiger partial charge in [-0.05, 0) is 32.1 Å². The highest BCUT2D eigenvalue weighted by molar-refractivity contribution is 5.76. The summed E-state index contributed by atoms with van der Waals surface area (Å²) in [6.07, 6.45) is 51.1. The molecule has 0 aromatic heterocycles. The second kappa shape index (κ2) is 46.4. The van der Waals surface area contributed by atoms with Crippen molar-refractivity contribution in [2.45, 2.75) is 314 Å². The molecule has 1 amide bonds. The van der Waals surface area contributed by atoms with Gasteiger partial charge < -0.3 is 40.3 Å². The lowest BCUT2D eigenvalue weighted by atomic mass is 9.99. The van der Waals surface area contributed by atoms with E-state index < -0.39 is 49.5 Å². The standard InChI is InChI=1S/C56H107NO8/c1-3-5-7-9-11-13-15-17-19-20-21-22-23-24-25-26-27-28-29-30-32-33-35-37-39-41-43-45-50(59)49(48-64-56-55(63)54(62)53(61)51(47-58)65-56)57-52(60)46-44-42-40-38-36-34-31-18-16-14-12-10-8-6-4-2/h35,37,43,45,49-51,53-56,58-59,61-63H,3-34,36,38-42,44,46-48H2,1-2H3,(H,57,60)/b37-35+,45-43+. The van der Waals surface area contributed by atoms with Gasteiger partial charge in [0.1, 0.15) is 24.4 Å². The van der Waals surface area contributed by atoms with Gasteiger partial charge >= 0.3 is 0 Å². The van der Waals surface area contributed by atoms with E-state index >= 15 is 0 Å². The molecule has 1 heterocycles. The molecule has 7 atom stereocenters. The zero-order chi connectivity index (χ0) is 47.3. The molecule has 0 radical (unpaired) electrons. The Morgan fingerprint density at radius 1 is 0.508 bits per heavy atom. The van der Waals surface area contributed by atoms with Crippen molar-refractivity contribution in [3.05, 3.63) is 24.3 Å². The summed E-state index contributed by atoms with van der Waals surface area (Å²) < 4.78 is 11.2. The Kier molecular flexibility index (Phi) is 44.0. The summed E-state index contributed by atoms with van der Waals surface area (Å²) in [5.74, 6) is -0.183. The van der Waals surface area contributed by atoms with E-state index in [-0.39, 0.29) is 12.5 Å². The first-order valence-electron chi connectivity index (χ1n) is 28.1. The van der Waals surface area contributed by atoms with Gasteiger partial charge in [-0.15, -0.1) is 0 Å². The van der Waals surface area contributed by atoms with Gasteiger partial charge in [-0.25, -0.2) is 0 Å². The van der Waals surface area contributed by atoms with E-state index in [0.717, 1.165) is 38.5 Å². The highest BCUT2D eigenvalue weighted by atomic mass is 16.7. The lowest BCUT2D eigenvalue weighted by Gasteiger charge is -2.40. The van der Waals surface area contributed by atoms with Crippen LogP contribution in [0.1, 0.15) is 271 Å². The minimum absolute atomic E-state index is 0.183. The van der Waals surface area contributed by atoms with Crippen molar-refractivity contribution >= 4 is 5.91 Å². The van der Waals surface area contributed by atoms with Crippen LogP contribution < -0.4 is 5.32 Å². The summed E-state index contributed by atoms with van der Waals surface area (Å²) in [5, 5.41) is 54.4. The predicted molar refractivity (Wildman–Crippen MR) is 272 cm³/mol. The van der Waals surface area contributed by atoms with Crippen LogP contribution in [0.2, 0.25) is 0 Å². The van der Waals surface area contributed by atoms with E-state index in [2.05, 4.69) is 31.3 Å². The normalized spacial score (nSPS) is 20.0. The van der Waals surface area contributed by atoms with Crippen molar-refractivity contribution in [2.24, 2.45) is 0 Å². The number of amides is 1. The lowest BCUT2D eigenvalue weighted by molar-refractivity contribution is -0.302. The Hall–Kier alpha value is -1.33. The van der Waals surface area contributed by atoms with Gasteiger partial charge in [0.2, 0.25) is 5.91 Å². The van der Waals surface area contributed by atoms with Gasteiger partial charge in [-0.2, -0.15) is 0 Å². The number of hydrogen-bond donors (Lipinski definition) is 6. The van der Waals surface area contributed by atoms with E-state index in [1.54, 1.807) is 6.08 Å². The molecule has 0 bridgehead atoms. The molecule has 1 aliphatic rings. The number of carbonyl (C=O) groups excluding carboxylic acids is 1. The van der Waals surface area contributed by atoms with Gasteiger partial charge in [0, 0.05) is 6.42 Å². The average Bonchev–Trinajstić information content (AvgIpc) is 3.31. The summed E-state index contributed by atoms with van der Waals surface area (Å²) in [6, 6.07) is -0.818. The maximum absolute atomic E-state index is 13.0. The van der Waals surface area contributed by atoms with Crippen molar-refractivity contribution in [3.8, 4) is 0 Å². The molecule has 1 fully saturated rings. The first-order chi connectivity index (χ1) is 31.8. The van der Waals surface area contributed by atoms with Crippen LogP contribution in [-0.2, 0) is 14.3 Å². The first kappa shape index (κ1) is 61.7. The number of aliphatic hydroxyl groups is 5. The summed E-state index contributed by atoms with van der Waals surface area (Å²) in [5.41, 5.74) is 0. The predicted octanol–water partition coefficient (Wildman–Crippen LogP) is 13.4. The smallest absolute Gasteiger partial charge is 0.220 e. The topological polar surface area (TPSA) is 149 Å². The van der Waals surface area contributed by atoms with E-state index in [1.165, 1.54) is 212 Å². The molecule has 384 valence electrons. The van der Waals surface area contributed by atoms with Crippen LogP contribution in [0.3, 0.4) is 0 Å². The number of carbonyl (C=O) groups is 1. The summed E-state index contributed by atoms with van der Waals surface area (Å²) >= 11 is 0. The van der Waals surface area contributed by atoms with Crippen molar-refractivity contribution < 1.29 is 39.8 Å². The molecule has 0 aromatic rings. The van der Waals surface area contributed by atoms with Gasteiger partial charge in [-0.3, -0.25) is 4.79 Å². The molecule has 1 rings (SSSR count). The zero-order valence-electron chi connectivity index (χ0n) is 42.5. The third-order valence-corrected chi connectivity index (χ3v) is 13.5. The average molecular weight is 922 g/mol. The van der Waals surface area contributed by atoms with Crippen molar-refractivity contribution in [2.75, 3.05) is 13.2 Å². The minimum Gasteiger partial charge on any atom is -0.394 e. The molecular weight excluding hydrogens is 815 g/mol. The van der Waals surface area contributed by atoms with E-state index in [1.807, 2.05) is 6.08 Å². The maximum atomic E-state index is 13.0. The number of ether oxygens (including phenoxy) is 2. The molecule has 6 N–H and O–H groups in total. The Bertz CT molecular complexity index is 1070. The number of aliphatic hydroxyl groups excluding tert-OH is 5. The zero-order valence-corrected chi connectivity index (χ0v) is 42.5. The molecule has 0 saturated carbocycles. The molecule has 1 saturated heterocycles. The molecule has 0 aliphatic carbocycles. The van der Waals surface area contributed by atoms with Crippen LogP contribution in [-0.4, -0.2) is 87.5 Å². The second-order valence-electron chi connectivity index (χ2n) is 19.7. The highest BCUT2D eigenvalue weighted by Crippen LogP contribution is 2.23. The van der Waals surface area contributed by atoms with Crippen LogP contribution in [0, 0.1) is 0 Å². The Labute approximate surface area is 400 Å². The quantitative estimate of drug-likeness (QED) is 0.0261. The number of allylic oxidation sites excluding steroid dienone is 3. The maximum Gasteiger partial charge on any atom is 0.220 e. The van der Waals surface area contributed by atoms with E-state index in [0.29, 0.717) is 6.42 Å². The lowest BCUT2D eigenvalue weighted by Crippen LogP contribution is -2.60. The molecule has 1 aliphatic heterocycles. The Balaban J connectivity index is 2.23. The SMILES string of the molecule is CCCCCCCCCCCCCCCCCCCCCCC/C=C/CC/C=C/C(O)C(COC1OC(CO)C(O)C(O)C1O)NC(=O)CCCCCCCCCCCCCCCCC. The molecule has 0 aromatic carbocycles. The molecule has 0 spiro atoms. The first-order valence-corrected chi connectivity index (χ1v) is 28.1. The molecular formula is C56H107NO8. The monoisotopic (exact) mass is 922 g/mol. The van der Waals surface area contributed by atoms with Gasteiger partial charge in [-0.1, -0.05) is 256 Å². The number of rotatable bonds is 48. The molecule has 9 nitrogen and oxygen atoms in total. The third kappa shape index (κ3) is 36.3. The van der Waals surface area contributed by atoms with Crippen LogP contribution in [0.4, 0.5) is 0 Å². The van der Waals surface area contributed by atoms with Crippen LogP contribution in [0.15, 0.2) is 24.3 Å². The van der Waals surface area contributed by atoms with E-state index in [9.17, 15) is 30.3 Å². The van der Waals surface area contributed by atoms with Gasteiger partial charge in [0.05, 0.1) is 25.4 Å². The fourth-order valence-electron chi connectivity index (χ4n) is 9.06. The Morgan fingerprint density at radius 2 is 0.877 bits per heavy atom. The molecule has 7 unspecified atom stereocenters. The number of nitrogens with one attached hydrogen (secondary N) is 1. The minimum atomic E-state index is -1.57. The fraction of sp³-hybridized carbons (Fsp3) is 0.911. The van der Waals surface area contributed by atoms with Crippen molar-refractivity contribution in [3.63, 3.8) is 0 Å². The fourth-order valence-corrected chi connectivity index (χ4v) is 9.06. The molecule has 65 heavy (non-hydrogen) atoms. The van der Waals surface area contributed by atoms with Crippen molar-refractivity contribution in [1.29, 1.82) is 0 Å². The largest absolute Gasteiger partial charge is 0.394 e. The van der Waals surface area contributed by atoms with Crippen molar-refractivity contribution in [1.82, 2.24) is 5.32 Å². The summed E-state index contributed by atoms with van der Waals surface area (Å²) in [7, 11) is 0. The van der Waals surface area contributed by atoms with Crippen LogP contribution >= 0.6 is 0 Å². The van der Waals surface area contributed by atoms with Crippen LogP contribution in [0.5, 0.6) is 0 Å². The highest BCUT2D eigenvalue weighted by Gasteiger charge is 2.44. The Morgan fingerprint density at radius 3 is 1.29 bits per heavy atom. The summed E-state index contributed by atoms with van der Waals surface area (Å²) in [4.78, 5) is 13.0. The van der Waals surface area contributed by atoms with Gasteiger partial charge in [0.25, 0.3) is 0 Å². The second-order valence-corrected chi connectivity index (χ2v) is 19.7. The van der Waals surface area contributed by atoms with Gasteiger partial charge in [0.15, 0.2) is 6.29 Å². The van der Waals surface area contributed by atoms with Crippen LogP contribution in [0.25, 0.3) is 0 Å².